The van der Waals surface area contributed by atoms with Crippen molar-refractivity contribution < 1.29 is 14.4 Å². The lowest BCUT2D eigenvalue weighted by Gasteiger charge is -2.18. The van der Waals surface area contributed by atoms with Gasteiger partial charge in [0.2, 0.25) is 5.91 Å². The van der Waals surface area contributed by atoms with Crippen LogP contribution in [-0.4, -0.2) is 44.1 Å². The number of urea groups is 1. The van der Waals surface area contributed by atoms with Crippen LogP contribution in [0.3, 0.4) is 0 Å². The van der Waals surface area contributed by atoms with E-state index in [1.807, 2.05) is 31.2 Å². The summed E-state index contributed by atoms with van der Waals surface area (Å²) in [6, 6.07) is 13.9. The summed E-state index contributed by atoms with van der Waals surface area (Å²) in [5.74, 6) is -0.582. The Morgan fingerprint density at radius 2 is 1.93 bits per heavy atom. The van der Waals surface area contributed by atoms with Crippen molar-refractivity contribution in [3.63, 3.8) is 0 Å². The molecule has 0 spiro atoms. The number of hydrogen-bond donors (Lipinski definition) is 2. The predicted octanol–water partition coefficient (Wildman–Crippen LogP) is 1.81. The lowest BCUT2D eigenvalue weighted by Crippen LogP contribution is -2.32. The fourth-order valence-electron chi connectivity index (χ4n) is 3.28. The Bertz CT molecular complexity index is 1060. The van der Waals surface area contributed by atoms with Gasteiger partial charge in [0.1, 0.15) is 12.7 Å². The number of amides is 4. The zero-order chi connectivity index (χ0) is 21.1. The second-order valence-electron chi connectivity index (χ2n) is 6.92. The van der Waals surface area contributed by atoms with Gasteiger partial charge in [0, 0.05) is 5.56 Å². The van der Waals surface area contributed by atoms with Gasteiger partial charge >= 0.3 is 6.03 Å². The molecule has 1 aliphatic rings. The van der Waals surface area contributed by atoms with Gasteiger partial charge in [-0.25, -0.2) is 14.5 Å². The maximum Gasteiger partial charge on any atom is 0.324 e. The normalized spacial score (nSPS) is 14.5. The Morgan fingerprint density at radius 3 is 2.60 bits per heavy atom. The molecule has 1 atom stereocenters. The van der Waals surface area contributed by atoms with Gasteiger partial charge < -0.3 is 10.6 Å². The highest BCUT2D eigenvalue weighted by Gasteiger charge is 2.29. The van der Waals surface area contributed by atoms with Gasteiger partial charge in [-0.2, -0.15) is 5.10 Å². The van der Waals surface area contributed by atoms with Gasteiger partial charge in [0.05, 0.1) is 24.8 Å². The molecule has 1 unspecified atom stereocenters. The van der Waals surface area contributed by atoms with Crippen LogP contribution in [0.25, 0.3) is 5.69 Å². The number of nitrogens with zero attached hydrogens (tertiary/aromatic N) is 4. The smallest absolute Gasteiger partial charge is 0.324 e. The average Bonchev–Trinajstić information content (AvgIpc) is 3.40. The largest absolute Gasteiger partial charge is 0.346 e. The van der Waals surface area contributed by atoms with Gasteiger partial charge in [-0.3, -0.25) is 14.5 Å². The van der Waals surface area contributed by atoms with Crippen molar-refractivity contribution in [3.8, 4) is 5.69 Å². The summed E-state index contributed by atoms with van der Waals surface area (Å²) in [5.41, 5.74) is 2.83. The van der Waals surface area contributed by atoms with Gasteiger partial charge in [-0.05, 0) is 36.2 Å². The molecule has 4 amide bonds. The van der Waals surface area contributed by atoms with Crippen LogP contribution in [-0.2, 0) is 11.3 Å². The summed E-state index contributed by atoms with van der Waals surface area (Å²) in [6.45, 7) is 1.92. The Balaban J connectivity index is 1.47. The van der Waals surface area contributed by atoms with Crippen LogP contribution < -0.4 is 10.6 Å². The number of benzene rings is 2. The molecule has 0 aliphatic carbocycles. The molecule has 4 rings (SSSR count). The summed E-state index contributed by atoms with van der Waals surface area (Å²) in [6.07, 6.45) is 3.08. The zero-order valence-corrected chi connectivity index (χ0v) is 16.3. The van der Waals surface area contributed by atoms with Crippen LogP contribution in [0.15, 0.2) is 61.2 Å². The average molecular weight is 404 g/mol. The van der Waals surface area contributed by atoms with Crippen LogP contribution >= 0.6 is 0 Å². The molecule has 1 fully saturated rings. The highest BCUT2D eigenvalue weighted by Crippen LogP contribution is 2.18. The van der Waals surface area contributed by atoms with Gasteiger partial charge in [-0.1, -0.05) is 30.3 Å². The van der Waals surface area contributed by atoms with E-state index in [4.69, 9.17) is 0 Å². The number of carbonyl (C=O) groups is 3. The van der Waals surface area contributed by atoms with E-state index in [1.54, 1.807) is 35.3 Å². The lowest BCUT2D eigenvalue weighted by molar-refractivity contribution is -0.125. The first-order chi connectivity index (χ1) is 14.5. The fraction of sp³-hybridized carbons (Fsp3) is 0.190. The molecule has 0 saturated carbocycles. The second kappa shape index (κ2) is 8.16. The minimum absolute atomic E-state index is 0.0190. The molecular weight excluding hydrogens is 384 g/mol. The number of carbonyl (C=O) groups excluding carboxylic acids is 3. The third-order valence-electron chi connectivity index (χ3n) is 4.95. The highest BCUT2D eigenvalue weighted by molar-refractivity contribution is 6.02. The molecule has 152 valence electrons. The third kappa shape index (κ3) is 3.90. The summed E-state index contributed by atoms with van der Waals surface area (Å²) >= 11 is 0. The molecule has 2 aromatic carbocycles. The first-order valence-electron chi connectivity index (χ1n) is 9.45. The van der Waals surface area contributed by atoms with Crippen LogP contribution in [0.1, 0.15) is 34.5 Å². The number of rotatable bonds is 6. The van der Waals surface area contributed by atoms with Crippen molar-refractivity contribution in [2.75, 3.05) is 6.54 Å². The Hall–Kier alpha value is -4.01. The third-order valence-corrected chi connectivity index (χ3v) is 4.95. The van der Waals surface area contributed by atoms with Gasteiger partial charge in [0.15, 0.2) is 0 Å². The van der Waals surface area contributed by atoms with Crippen molar-refractivity contribution in [2.24, 2.45) is 0 Å². The molecular formula is C21H20N6O3. The summed E-state index contributed by atoms with van der Waals surface area (Å²) in [4.78, 5) is 41.6. The van der Waals surface area contributed by atoms with E-state index in [0.29, 0.717) is 11.1 Å². The second-order valence-corrected chi connectivity index (χ2v) is 6.92. The number of aromatic nitrogens is 3. The maximum atomic E-state index is 12.9. The van der Waals surface area contributed by atoms with Crippen LogP contribution in [0.4, 0.5) is 4.79 Å². The predicted molar refractivity (Wildman–Crippen MR) is 108 cm³/mol. The van der Waals surface area contributed by atoms with Crippen LogP contribution in [0.5, 0.6) is 0 Å². The topological polar surface area (TPSA) is 109 Å². The van der Waals surface area contributed by atoms with Gasteiger partial charge in [-0.15, -0.1) is 0 Å². The van der Waals surface area contributed by atoms with Crippen LogP contribution in [0.2, 0.25) is 0 Å². The molecule has 0 bridgehead atoms. The van der Waals surface area contributed by atoms with E-state index < -0.39 is 6.03 Å². The van der Waals surface area contributed by atoms with E-state index in [1.165, 1.54) is 6.33 Å². The lowest BCUT2D eigenvalue weighted by atomic mass is 10.0. The monoisotopic (exact) mass is 404 g/mol. The fourth-order valence-corrected chi connectivity index (χ4v) is 3.28. The Labute approximate surface area is 172 Å². The number of hydrogen-bond acceptors (Lipinski definition) is 5. The van der Waals surface area contributed by atoms with Crippen molar-refractivity contribution in [1.82, 2.24) is 30.3 Å². The molecule has 1 saturated heterocycles. The molecule has 0 radical (unpaired) electrons. The van der Waals surface area contributed by atoms with Crippen molar-refractivity contribution in [3.05, 3.63) is 77.9 Å². The van der Waals surface area contributed by atoms with E-state index >= 15 is 0 Å². The highest BCUT2D eigenvalue weighted by atomic mass is 16.2. The van der Waals surface area contributed by atoms with E-state index in [9.17, 15) is 14.4 Å². The van der Waals surface area contributed by atoms with E-state index in [2.05, 4.69) is 20.7 Å². The van der Waals surface area contributed by atoms with E-state index in [0.717, 1.165) is 16.2 Å². The van der Waals surface area contributed by atoms with E-state index in [-0.39, 0.29) is 30.9 Å². The van der Waals surface area contributed by atoms with Crippen molar-refractivity contribution >= 4 is 17.8 Å². The minimum atomic E-state index is -0.448. The first-order valence-corrected chi connectivity index (χ1v) is 9.45. The number of imide groups is 1. The standard InChI is InChI=1S/C21H20N6O3/c1-14(15-6-8-17(9-7-15)27-13-22-12-24-27)25-20(29)18-5-3-2-4-16(18)11-26-19(28)10-23-21(26)30/h2-9,12-14H,10-11H2,1H3,(H,23,30)(H,25,29). The molecule has 3 aromatic rings. The zero-order valence-electron chi connectivity index (χ0n) is 16.3. The summed E-state index contributed by atoms with van der Waals surface area (Å²) in [7, 11) is 0. The Kier molecular flexibility index (Phi) is 5.25. The van der Waals surface area contributed by atoms with Crippen molar-refractivity contribution in [1.29, 1.82) is 0 Å². The maximum absolute atomic E-state index is 12.9. The van der Waals surface area contributed by atoms with Crippen molar-refractivity contribution in [2.45, 2.75) is 19.5 Å². The quantitative estimate of drug-likeness (QED) is 0.609. The molecule has 9 heteroatoms. The van der Waals surface area contributed by atoms with Gasteiger partial charge in [0.25, 0.3) is 5.91 Å². The molecule has 9 nitrogen and oxygen atoms in total. The molecule has 2 heterocycles. The number of nitrogens with one attached hydrogen (secondary N) is 2. The SMILES string of the molecule is CC(NC(=O)c1ccccc1CN1C(=O)CNC1=O)c1ccc(-n2cncn2)cc1. The van der Waals surface area contributed by atoms with Crippen LogP contribution in [0, 0.1) is 0 Å². The summed E-state index contributed by atoms with van der Waals surface area (Å²) in [5, 5.41) is 9.55. The molecule has 1 aromatic heterocycles. The molecule has 2 N–H and O–H groups in total. The molecule has 1 aliphatic heterocycles. The Morgan fingerprint density at radius 1 is 1.17 bits per heavy atom. The minimum Gasteiger partial charge on any atom is -0.346 e. The first kappa shape index (κ1) is 19.3. The molecule has 30 heavy (non-hydrogen) atoms. The summed E-state index contributed by atoms with van der Waals surface area (Å²) < 4.78 is 1.65.